The summed E-state index contributed by atoms with van der Waals surface area (Å²) in [6.45, 7) is 0.185. The molecular weight excluding hydrogens is 410 g/mol. The molecule has 0 aliphatic heterocycles. The third-order valence-electron chi connectivity index (χ3n) is 4.50. The van der Waals surface area contributed by atoms with Crippen molar-refractivity contribution in [3.05, 3.63) is 96.4 Å². The Morgan fingerprint density at radius 3 is 2.41 bits per heavy atom. The van der Waals surface area contributed by atoms with Crippen molar-refractivity contribution < 1.29 is 23.2 Å². The zero-order chi connectivity index (χ0) is 22.2. The predicted molar refractivity (Wildman–Crippen MR) is 115 cm³/mol. The molecule has 2 N–H and O–H groups in total. The van der Waals surface area contributed by atoms with E-state index in [1.165, 1.54) is 6.07 Å². The van der Waals surface area contributed by atoms with Crippen molar-refractivity contribution in [1.82, 2.24) is 15.8 Å². The van der Waals surface area contributed by atoms with Crippen LogP contribution in [0.25, 0.3) is 11.3 Å². The lowest BCUT2D eigenvalue weighted by Crippen LogP contribution is -2.41. The van der Waals surface area contributed by atoms with Crippen LogP contribution in [0.4, 0.5) is 0 Å². The highest BCUT2D eigenvalue weighted by atomic mass is 16.5. The van der Waals surface area contributed by atoms with E-state index in [0.29, 0.717) is 29.6 Å². The fraction of sp³-hybridized carbons (Fsp3) is 0.125. The number of hydrogen-bond donors (Lipinski definition) is 2. The van der Waals surface area contributed by atoms with Gasteiger partial charge in [0.2, 0.25) is 5.91 Å². The topological polar surface area (TPSA) is 107 Å². The largest absolute Gasteiger partial charge is 0.486 e. The fourth-order valence-electron chi connectivity index (χ4n) is 2.88. The van der Waals surface area contributed by atoms with Crippen LogP contribution < -0.4 is 15.6 Å². The van der Waals surface area contributed by atoms with Gasteiger partial charge in [-0.15, -0.1) is 0 Å². The van der Waals surface area contributed by atoms with Gasteiger partial charge in [-0.05, 0) is 24.3 Å². The number of furan rings is 1. The average molecular weight is 431 g/mol. The second-order valence-electron chi connectivity index (χ2n) is 6.85. The Morgan fingerprint density at radius 2 is 1.62 bits per heavy atom. The molecular formula is C24H21N3O5. The molecule has 162 valence electrons. The van der Waals surface area contributed by atoms with Crippen LogP contribution >= 0.6 is 0 Å². The second-order valence-corrected chi connectivity index (χ2v) is 6.85. The number of oxazole rings is 1. The summed E-state index contributed by atoms with van der Waals surface area (Å²) in [7, 11) is 0. The predicted octanol–water partition coefficient (Wildman–Crippen LogP) is 3.91. The quantitative estimate of drug-likeness (QED) is 0.410. The highest BCUT2D eigenvalue weighted by Crippen LogP contribution is 2.20. The van der Waals surface area contributed by atoms with Crippen molar-refractivity contribution in [3.63, 3.8) is 0 Å². The van der Waals surface area contributed by atoms with E-state index in [1.807, 2.05) is 60.7 Å². The number of aromatic nitrogens is 1. The lowest BCUT2D eigenvalue weighted by molar-refractivity contribution is -0.121. The van der Waals surface area contributed by atoms with Gasteiger partial charge in [0.1, 0.15) is 18.1 Å². The summed E-state index contributed by atoms with van der Waals surface area (Å²) in [5.74, 6) is 1.40. The first kappa shape index (κ1) is 20.9. The van der Waals surface area contributed by atoms with E-state index >= 15 is 0 Å². The van der Waals surface area contributed by atoms with Gasteiger partial charge >= 0.3 is 5.91 Å². The van der Waals surface area contributed by atoms with Crippen molar-refractivity contribution in [3.8, 4) is 17.1 Å². The van der Waals surface area contributed by atoms with Crippen LogP contribution in [0.5, 0.6) is 5.75 Å². The number of nitrogens with one attached hydrogen (secondary N) is 2. The van der Waals surface area contributed by atoms with E-state index in [2.05, 4.69) is 15.8 Å². The van der Waals surface area contributed by atoms with Crippen LogP contribution in [0.1, 0.15) is 28.6 Å². The summed E-state index contributed by atoms with van der Waals surface area (Å²) in [6.07, 6.45) is 2.03. The molecule has 2 heterocycles. The van der Waals surface area contributed by atoms with Gasteiger partial charge in [-0.25, -0.2) is 4.98 Å². The van der Waals surface area contributed by atoms with Gasteiger partial charge in [-0.3, -0.25) is 20.4 Å². The van der Waals surface area contributed by atoms with Crippen LogP contribution in [-0.4, -0.2) is 16.8 Å². The number of rotatable bonds is 8. The van der Waals surface area contributed by atoms with Gasteiger partial charge in [-0.1, -0.05) is 48.5 Å². The molecule has 2 amide bonds. The third-order valence-corrected chi connectivity index (χ3v) is 4.50. The first-order chi connectivity index (χ1) is 15.7. The molecule has 2 aromatic carbocycles. The number of hydrazine groups is 1. The van der Waals surface area contributed by atoms with Gasteiger partial charge in [0.25, 0.3) is 0 Å². The van der Waals surface area contributed by atoms with Crippen molar-refractivity contribution >= 4 is 11.8 Å². The molecule has 4 aromatic rings. The third kappa shape index (κ3) is 5.63. The molecule has 0 radical (unpaired) electrons. The van der Waals surface area contributed by atoms with E-state index in [4.69, 9.17) is 13.6 Å². The van der Waals surface area contributed by atoms with Gasteiger partial charge < -0.3 is 13.6 Å². The Labute approximate surface area is 184 Å². The van der Waals surface area contributed by atoms with Crippen molar-refractivity contribution in [1.29, 1.82) is 0 Å². The number of hydrogen-bond acceptors (Lipinski definition) is 6. The lowest BCUT2D eigenvalue weighted by Gasteiger charge is -2.05. The first-order valence-corrected chi connectivity index (χ1v) is 10.0. The minimum Gasteiger partial charge on any atom is -0.486 e. The standard InChI is InChI=1S/C24H21N3O5/c28-22(13-14-23-25-15-21(32-23)17-7-3-1-4-8-17)26-27-24(29)20-12-11-19(31-20)16-30-18-9-5-2-6-10-18/h1-12,15H,13-14,16H2,(H,26,28)(H,27,29). The Morgan fingerprint density at radius 1 is 0.875 bits per heavy atom. The molecule has 32 heavy (non-hydrogen) atoms. The molecule has 0 saturated heterocycles. The maximum atomic E-state index is 12.2. The maximum Gasteiger partial charge on any atom is 0.305 e. The number of para-hydroxylation sites is 1. The second kappa shape index (κ2) is 10.1. The van der Waals surface area contributed by atoms with E-state index < -0.39 is 5.91 Å². The Balaban J connectivity index is 1.20. The summed E-state index contributed by atoms with van der Waals surface area (Å²) in [5, 5.41) is 0. The van der Waals surface area contributed by atoms with E-state index in [9.17, 15) is 9.59 Å². The molecule has 0 bridgehead atoms. The van der Waals surface area contributed by atoms with Crippen molar-refractivity contribution in [2.75, 3.05) is 0 Å². The minimum atomic E-state index is -0.563. The molecule has 2 aromatic heterocycles. The zero-order valence-corrected chi connectivity index (χ0v) is 17.1. The summed E-state index contributed by atoms with van der Waals surface area (Å²) >= 11 is 0. The molecule has 0 atom stereocenters. The molecule has 0 aliphatic carbocycles. The number of carbonyl (C=O) groups excluding carboxylic acids is 2. The van der Waals surface area contributed by atoms with E-state index in [1.54, 1.807) is 12.3 Å². The minimum absolute atomic E-state index is 0.0668. The van der Waals surface area contributed by atoms with Gasteiger partial charge in [0.15, 0.2) is 17.4 Å². The molecule has 8 nitrogen and oxygen atoms in total. The number of aryl methyl sites for hydroxylation is 1. The van der Waals surface area contributed by atoms with Gasteiger partial charge in [-0.2, -0.15) is 0 Å². The maximum absolute atomic E-state index is 12.2. The van der Waals surface area contributed by atoms with Crippen LogP contribution in [0.3, 0.4) is 0 Å². The van der Waals surface area contributed by atoms with E-state index in [0.717, 1.165) is 5.56 Å². The molecule has 8 heteroatoms. The SMILES string of the molecule is O=C(CCc1ncc(-c2ccccc2)o1)NNC(=O)c1ccc(COc2ccccc2)o1. The Kier molecular flexibility index (Phi) is 6.62. The molecule has 0 fully saturated rings. The summed E-state index contributed by atoms with van der Waals surface area (Å²) in [5.41, 5.74) is 5.60. The highest BCUT2D eigenvalue weighted by Gasteiger charge is 2.14. The normalized spacial score (nSPS) is 10.5. The van der Waals surface area contributed by atoms with Crippen LogP contribution in [-0.2, 0) is 17.8 Å². The number of carbonyl (C=O) groups is 2. The number of amides is 2. The van der Waals surface area contributed by atoms with E-state index in [-0.39, 0.29) is 24.7 Å². The Bertz CT molecular complexity index is 1170. The monoisotopic (exact) mass is 431 g/mol. The Hall–Kier alpha value is -4.33. The van der Waals surface area contributed by atoms with Crippen molar-refractivity contribution in [2.45, 2.75) is 19.4 Å². The average Bonchev–Trinajstić information content (AvgIpc) is 3.51. The molecule has 4 rings (SSSR count). The van der Waals surface area contributed by atoms with Crippen LogP contribution in [0, 0.1) is 0 Å². The zero-order valence-electron chi connectivity index (χ0n) is 17.1. The van der Waals surface area contributed by atoms with Crippen LogP contribution in [0.2, 0.25) is 0 Å². The summed E-state index contributed by atoms with van der Waals surface area (Å²) < 4.78 is 16.7. The summed E-state index contributed by atoms with van der Waals surface area (Å²) in [6, 6.07) is 22.0. The molecule has 0 spiro atoms. The van der Waals surface area contributed by atoms with Crippen LogP contribution in [0.15, 0.2) is 87.8 Å². The van der Waals surface area contributed by atoms with Gasteiger partial charge in [0, 0.05) is 18.4 Å². The smallest absolute Gasteiger partial charge is 0.305 e. The van der Waals surface area contributed by atoms with Crippen molar-refractivity contribution in [2.24, 2.45) is 0 Å². The number of nitrogens with zero attached hydrogens (tertiary/aromatic N) is 1. The fourth-order valence-corrected chi connectivity index (χ4v) is 2.88. The lowest BCUT2D eigenvalue weighted by atomic mass is 10.2. The van der Waals surface area contributed by atoms with Gasteiger partial charge in [0.05, 0.1) is 6.20 Å². The molecule has 0 saturated carbocycles. The highest BCUT2D eigenvalue weighted by molar-refractivity contribution is 5.92. The number of ether oxygens (including phenoxy) is 1. The molecule has 0 aliphatic rings. The summed E-state index contributed by atoms with van der Waals surface area (Å²) in [4.78, 5) is 28.4. The first-order valence-electron chi connectivity index (χ1n) is 10.0. The molecule has 0 unspecified atom stereocenters. The number of benzene rings is 2.